The first-order valence-corrected chi connectivity index (χ1v) is 9.54. The number of benzene rings is 1. The van der Waals surface area contributed by atoms with Crippen LogP contribution in [0.15, 0.2) is 42.9 Å². The molecule has 4 N–H and O–H groups in total. The summed E-state index contributed by atoms with van der Waals surface area (Å²) < 4.78 is 40.0. The smallest absolute Gasteiger partial charge is 0.395 e. The monoisotopic (exact) mass is 450 g/mol. The van der Waals surface area contributed by atoms with Gasteiger partial charge in [0.1, 0.15) is 5.69 Å². The maximum absolute atomic E-state index is 12.9. The van der Waals surface area contributed by atoms with Crippen LogP contribution in [-0.4, -0.2) is 55.1 Å². The Morgan fingerprint density at radius 3 is 2.75 bits per heavy atom. The number of aryl methyl sites for hydroxylation is 1. The van der Waals surface area contributed by atoms with Gasteiger partial charge in [-0.05, 0) is 36.2 Å². The summed E-state index contributed by atoms with van der Waals surface area (Å²) in [5.41, 5.74) is 1.64. The van der Waals surface area contributed by atoms with Gasteiger partial charge in [0.15, 0.2) is 6.10 Å². The highest BCUT2D eigenvalue weighted by atomic mass is 19.4. The van der Waals surface area contributed by atoms with Gasteiger partial charge >= 0.3 is 6.18 Å². The number of carbonyl (C=O) groups is 1. The number of amides is 1. The lowest BCUT2D eigenvalue weighted by atomic mass is 10.1. The molecule has 0 radical (unpaired) electrons. The predicted octanol–water partition coefficient (Wildman–Crippen LogP) is 1.88. The van der Waals surface area contributed by atoms with Gasteiger partial charge in [-0.25, -0.2) is 9.97 Å². The van der Waals surface area contributed by atoms with Crippen molar-refractivity contribution >= 4 is 17.5 Å². The van der Waals surface area contributed by atoms with Crippen molar-refractivity contribution in [2.45, 2.75) is 25.7 Å². The van der Waals surface area contributed by atoms with E-state index in [0.717, 1.165) is 17.8 Å². The van der Waals surface area contributed by atoms with E-state index >= 15 is 0 Å². The molecule has 1 aromatic carbocycles. The first kappa shape index (κ1) is 23.2. The highest BCUT2D eigenvalue weighted by molar-refractivity contribution is 5.80. The number of anilines is 2. The molecule has 0 aliphatic carbocycles. The zero-order valence-corrected chi connectivity index (χ0v) is 17.0. The average molecular weight is 450 g/mol. The van der Waals surface area contributed by atoms with Crippen LogP contribution in [0, 0.1) is 6.92 Å². The minimum Gasteiger partial charge on any atom is -0.395 e. The molecule has 0 fully saturated rings. The summed E-state index contributed by atoms with van der Waals surface area (Å²) in [5.74, 6) is -0.816. The molecule has 1 atom stereocenters. The molecule has 0 saturated carbocycles. The number of aliphatic hydroxyl groups excluding tert-OH is 2. The predicted molar refractivity (Wildman–Crippen MR) is 109 cm³/mol. The summed E-state index contributed by atoms with van der Waals surface area (Å²) in [7, 11) is 0. The van der Waals surface area contributed by atoms with Crippen molar-refractivity contribution in [3.8, 4) is 11.1 Å². The van der Waals surface area contributed by atoms with E-state index in [1.807, 2.05) is 13.0 Å². The quantitative estimate of drug-likeness (QED) is 0.413. The third-order valence-electron chi connectivity index (χ3n) is 4.32. The van der Waals surface area contributed by atoms with E-state index in [9.17, 15) is 23.1 Å². The first-order valence-electron chi connectivity index (χ1n) is 9.54. The lowest BCUT2D eigenvalue weighted by Crippen LogP contribution is -2.38. The van der Waals surface area contributed by atoms with Gasteiger partial charge in [0.05, 0.1) is 19.3 Å². The van der Waals surface area contributed by atoms with Crippen LogP contribution >= 0.6 is 0 Å². The Morgan fingerprint density at radius 2 is 2.03 bits per heavy atom. The van der Waals surface area contributed by atoms with Gasteiger partial charge in [-0.2, -0.15) is 18.3 Å². The number of hydrogen-bond donors (Lipinski definition) is 4. The van der Waals surface area contributed by atoms with Crippen molar-refractivity contribution in [3.63, 3.8) is 0 Å². The van der Waals surface area contributed by atoms with Gasteiger partial charge in [-0.1, -0.05) is 6.07 Å². The second-order valence-electron chi connectivity index (χ2n) is 6.96. The van der Waals surface area contributed by atoms with Gasteiger partial charge < -0.3 is 20.8 Å². The van der Waals surface area contributed by atoms with Gasteiger partial charge in [-0.3, -0.25) is 9.48 Å². The van der Waals surface area contributed by atoms with Crippen LogP contribution in [0.25, 0.3) is 11.1 Å². The maximum atomic E-state index is 12.9. The molecule has 0 spiro atoms. The van der Waals surface area contributed by atoms with E-state index < -0.39 is 23.9 Å². The van der Waals surface area contributed by atoms with Crippen molar-refractivity contribution in [1.82, 2.24) is 25.1 Å². The van der Waals surface area contributed by atoms with Gasteiger partial charge in [0.2, 0.25) is 5.95 Å². The molecule has 0 aliphatic heterocycles. The summed E-state index contributed by atoms with van der Waals surface area (Å²) in [4.78, 5) is 19.1. The van der Waals surface area contributed by atoms with E-state index in [1.165, 1.54) is 10.9 Å². The fraction of sp³-hybridized carbons (Fsp3) is 0.300. The fourth-order valence-corrected chi connectivity index (χ4v) is 2.90. The highest BCUT2D eigenvalue weighted by Crippen LogP contribution is 2.29. The first-order chi connectivity index (χ1) is 15.2. The van der Waals surface area contributed by atoms with Crippen molar-refractivity contribution < 1.29 is 28.2 Å². The molecule has 12 heteroatoms. The molecule has 1 unspecified atom stereocenters. The summed E-state index contributed by atoms with van der Waals surface area (Å²) in [6, 6.07) is 6.07. The minimum absolute atomic E-state index is 0.0366. The largest absolute Gasteiger partial charge is 0.433 e. The number of nitrogens with zero attached hydrogens (tertiary/aromatic N) is 4. The number of alkyl halides is 3. The Bertz CT molecular complexity index is 1090. The molecule has 0 aliphatic rings. The maximum Gasteiger partial charge on any atom is 0.433 e. The molecule has 0 saturated heterocycles. The molecule has 1 amide bonds. The third kappa shape index (κ3) is 6.02. The average Bonchev–Trinajstić information content (AvgIpc) is 3.19. The molecule has 2 heterocycles. The van der Waals surface area contributed by atoms with Crippen molar-refractivity contribution in [3.05, 3.63) is 54.1 Å². The molecule has 32 heavy (non-hydrogen) atoms. The second-order valence-corrected chi connectivity index (χ2v) is 6.96. The van der Waals surface area contributed by atoms with Gasteiger partial charge in [0, 0.05) is 30.2 Å². The fourth-order valence-electron chi connectivity index (χ4n) is 2.90. The number of nitrogens with one attached hydrogen (secondary N) is 2. The van der Waals surface area contributed by atoms with Crippen LogP contribution in [0.1, 0.15) is 11.3 Å². The zero-order valence-electron chi connectivity index (χ0n) is 17.0. The molecule has 2 aromatic heterocycles. The molecular formula is C20H21F3N6O3. The van der Waals surface area contributed by atoms with E-state index in [-0.39, 0.29) is 25.6 Å². The van der Waals surface area contributed by atoms with Crippen LogP contribution in [0.5, 0.6) is 0 Å². The Kier molecular flexibility index (Phi) is 7.05. The summed E-state index contributed by atoms with van der Waals surface area (Å²) >= 11 is 0. The second kappa shape index (κ2) is 9.75. The summed E-state index contributed by atoms with van der Waals surface area (Å²) in [6.45, 7) is 1.53. The van der Waals surface area contributed by atoms with Crippen molar-refractivity contribution in [2.75, 3.05) is 18.5 Å². The Labute approximate surface area is 180 Å². The Hall–Kier alpha value is -3.51. The standard InChI is InChI=1S/C20H21F3N6O3/c1-12-6-13(14-9-26-29(10-14)11-16(31)18(32)24-4-5-30)8-15(7-12)27-19-25-3-2-17(28-19)20(21,22)23/h2-3,6-10,16,30-31H,4-5,11H2,1H3,(H,24,32)(H,25,27,28). The number of rotatable bonds is 8. The molecular weight excluding hydrogens is 429 g/mol. The summed E-state index contributed by atoms with van der Waals surface area (Å²) in [5, 5.41) is 28.0. The Balaban J connectivity index is 1.76. The van der Waals surface area contributed by atoms with Crippen molar-refractivity contribution in [2.24, 2.45) is 0 Å². The number of aliphatic hydroxyl groups is 2. The Morgan fingerprint density at radius 1 is 1.25 bits per heavy atom. The van der Waals surface area contributed by atoms with E-state index in [1.54, 1.807) is 18.3 Å². The number of carbonyl (C=O) groups excluding carboxylic acids is 1. The van der Waals surface area contributed by atoms with Crippen molar-refractivity contribution in [1.29, 1.82) is 0 Å². The molecule has 170 valence electrons. The minimum atomic E-state index is -4.58. The third-order valence-corrected chi connectivity index (χ3v) is 4.32. The number of aromatic nitrogens is 4. The van der Waals surface area contributed by atoms with E-state index in [0.29, 0.717) is 16.8 Å². The zero-order chi connectivity index (χ0) is 23.3. The number of hydrogen-bond acceptors (Lipinski definition) is 7. The van der Waals surface area contributed by atoms with Crippen LogP contribution in [0.2, 0.25) is 0 Å². The molecule has 3 rings (SSSR count). The van der Waals surface area contributed by atoms with E-state index in [2.05, 4.69) is 25.7 Å². The summed E-state index contributed by atoms with van der Waals surface area (Å²) in [6.07, 6.45) is -1.73. The number of halogens is 3. The SMILES string of the molecule is Cc1cc(Nc2nccc(C(F)(F)F)n2)cc(-c2cnn(CC(O)C(=O)NCCO)c2)c1. The van der Waals surface area contributed by atoms with Crippen LogP contribution in [0.4, 0.5) is 24.8 Å². The lowest BCUT2D eigenvalue weighted by Gasteiger charge is -2.11. The van der Waals surface area contributed by atoms with Gasteiger partial charge in [-0.15, -0.1) is 0 Å². The normalized spacial score (nSPS) is 12.4. The lowest BCUT2D eigenvalue weighted by molar-refractivity contribution is -0.141. The molecule has 0 bridgehead atoms. The van der Waals surface area contributed by atoms with E-state index in [4.69, 9.17) is 5.11 Å². The molecule has 9 nitrogen and oxygen atoms in total. The van der Waals surface area contributed by atoms with Crippen LogP contribution in [-0.2, 0) is 17.5 Å². The van der Waals surface area contributed by atoms with Crippen LogP contribution < -0.4 is 10.6 Å². The van der Waals surface area contributed by atoms with Crippen LogP contribution in [0.3, 0.4) is 0 Å². The molecule has 3 aromatic rings. The topological polar surface area (TPSA) is 125 Å². The van der Waals surface area contributed by atoms with Gasteiger partial charge in [0.25, 0.3) is 5.91 Å². The highest BCUT2D eigenvalue weighted by Gasteiger charge is 2.32.